The Balaban J connectivity index is 1.91. The molecule has 25 heavy (non-hydrogen) atoms. The van der Waals surface area contributed by atoms with Crippen molar-refractivity contribution >= 4 is 0 Å². The summed E-state index contributed by atoms with van der Waals surface area (Å²) in [5.41, 5.74) is 6.39. The zero-order chi connectivity index (χ0) is 18.0. The predicted molar refractivity (Wildman–Crippen MR) is 109 cm³/mol. The minimum absolute atomic E-state index is 0.549. The van der Waals surface area contributed by atoms with Crippen LogP contribution in [0.15, 0.2) is 48.5 Å². The molecule has 0 saturated heterocycles. The molecule has 3 rings (SSSR count). The number of hydrogen-bond donors (Lipinski definition) is 0. The normalized spacial score (nSPS) is 18.2. The second kappa shape index (κ2) is 7.36. The topological polar surface area (TPSA) is 0 Å². The first-order chi connectivity index (χ1) is 12.0. The third kappa shape index (κ3) is 3.68. The van der Waals surface area contributed by atoms with Gasteiger partial charge in [0.1, 0.15) is 0 Å². The Morgan fingerprint density at radius 3 is 1.68 bits per heavy atom. The van der Waals surface area contributed by atoms with E-state index in [9.17, 15) is 0 Å². The average Bonchev–Trinajstić information content (AvgIpc) is 2.59. The molecule has 1 unspecified atom stereocenters. The second-order valence-corrected chi connectivity index (χ2v) is 8.59. The fourth-order valence-corrected chi connectivity index (χ4v) is 4.71. The Kier molecular flexibility index (Phi) is 5.37. The lowest BCUT2D eigenvalue weighted by molar-refractivity contribution is 0.0358. The lowest BCUT2D eigenvalue weighted by Gasteiger charge is -2.50. The lowest BCUT2D eigenvalue weighted by Crippen LogP contribution is -2.39. The van der Waals surface area contributed by atoms with Gasteiger partial charge < -0.3 is 0 Å². The molecule has 1 fully saturated rings. The van der Waals surface area contributed by atoms with Crippen LogP contribution in [-0.4, -0.2) is 0 Å². The van der Waals surface area contributed by atoms with Crippen LogP contribution in [-0.2, 0) is 0 Å². The largest absolute Gasteiger partial charge is 0.0649 e. The van der Waals surface area contributed by atoms with Gasteiger partial charge in [-0.25, -0.2) is 0 Å². The zero-order valence-corrected chi connectivity index (χ0v) is 16.7. The van der Waals surface area contributed by atoms with E-state index in [1.807, 2.05) is 0 Å². The Morgan fingerprint density at radius 1 is 0.800 bits per heavy atom. The van der Waals surface area contributed by atoms with E-state index in [4.69, 9.17) is 0 Å². The van der Waals surface area contributed by atoms with Crippen LogP contribution in [0.2, 0.25) is 0 Å². The predicted octanol–water partition coefficient (Wildman–Crippen LogP) is 7.47. The van der Waals surface area contributed by atoms with Gasteiger partial charge in [0.15, 0.2) is 0 Å². The molecule has 0 spiro atoms. The van der Waals surface area contributed by atoms with Gasteiger partial charge in [-0.2, -0.15) is 0 Å². The molecular formula is C25H34. The number of rotatable bonds is 6. The van der Waals surface area contributed by atoms with Gasteiger partial charge in [0.25, 0.3) is 0 Å². The molecule has 0 bridgehead atoms. The molecule has 2 aromatic carbocycles. The molecule has 0 aromatic heterocycles. The molecule has 0 aliphatic heterocycles. The summed E-state index contributed by atoms with van der Waals surface area (Å²) >= 11 is 0. The van der Waals surface area contributed by atoms with E-state index >= 15 is 0 Å². The summed E-state index contributed by atoms with van der Waals surface area (Å²) in [5.74, 6) is 1.93. The SMILES string of the molecule is CCC1(CC)CC(C(c2ccc(C)cc2)c2ccc(C(C)C)cc2)C1. The van der Waals surface area contributed by atoms with Crippen molar-refractivity contribution in [1.82, 2.24) is 0 Å². The van der Waals surface area contributed by atoms with E-state index in [0.717, 1.165) is 5.92 Å². The first-order valence-electron chi connectivity index (χ1n) is 10.1. The molecule has 0 heteroatoms. The van der Waals surface area contributed by atoms with E-state index in [1.165, 1.54) is 47.9 Å². The molecule has 1 aliphatic rings. The summed E-state index contributed by atoms with van der Waals surface area (Å²) in [7, 11) is 0. The van der Waals surface area contributed by atoms with Gasteiger partial charge in [-0.1, -0.05) is 94.6 Å². The maximum Gasteiger partial charge on any atom is 0.0118 e. The summed E-state index contributed by atoms with van der Waals surface area (Å²) in [6.07, 6.45) is 5.41. The second-order valence-electron chi connectivity index (χ2n) is 8.59. The minimum Gasteiger partial charge on any atom is -0.0649 e. The molecule has 0 amide bonds. The number of benzene rings is 2. The Morgan fingerprint density at radius 2 is 1.24 bits per heavy atom. The molecule has 0 radical (unpaired) electrons. The van der Waals surface area contributed by atoms with Crippen LogP contribution in [0.4, 0.5) is 0 Å². The molecule has 0 heterocycles. The summed E-state index contributed by atoms with van der Waals surface area (Å²) in [6, 6.07) is 18.7. The first kappa shape index (κ1) is 18.2. The van der Waals surface area contributed by atoms with Crippen LogP contribution in [0.5, 0.6) is 0 Å². The van der Waals surface area contributed by atoms with Crippen LogP contribution in [0.1, 0.15) is 87.5 Å². The van der Waals surface area contributed by atoms with Gasteiger partial charge in [0, 0.05) is 5.92 Å². The summed E-state index contributed by atoms with van der Waals surface area (Å²) < 4.78 is 0. The molecular weight excluding hydrogens is 300 g/mol. The van der Waals surface area contributed by atoms with E-state index < -0.39 is 0 Å². The van der Waals surface area contributed by atoms with Crippen molar-refractivity contribution in [3.8, 4) is 0 Å². The van der Waals surface area contributed by atoms with Gasteiger partial charge >= 0.3 is 0 Å². The van der Waals surface area contributed by atoms with Crippen LogP contribution in [0.25, 0.3) is 0 Å². The summed E-state index contributed by atoms with van der Waals surface area (Å²) in [5, 5.41) is 0. The quantitative estimate of drug-likeness (QED) is 0.514. The highest BCUT2D eigenvalue weighted by Gasteiger charge is 2.45. The van der Waals surface area contributed by atoms with Gasteiger partial charge in [0.05, 0.1) is 0 Å². The van der Waals surface area contributed by atoms with Crippen molar-refractivity contribution in [2.75, 3.05) is 0 Å². The molecule has 1 aliphatic carbocycles. The zero-order valence-electron chi connectivity index (χ0n) is 16.7. The van der Waals surface area contributed by atoms with Gasteiger partial charge in [-0.05, 0) is 53.7 Å². The van der Waals surface area contributed by atoms with Gasteiger partial charge in [-0.15, -0.1) is 0 Å². The molecule has 0 nitrogen and oxygen atoms in total. The molecule has 134 valence electrons. The van der Waals surface area contributed by atoms with E-state index in [-0.39, 0.29) is 0 Å². The monoisotopic (exact) mass is 334 g/mol. The van der Waals surface area contributed by atoms with Crippen molar-refractivity contribution in [3.63, 3.8) is 0 Å². The Labute approximate surface area is 154 Å². The first-order valence-corrected chi connectivity index (χ1v) is 10.1. The van der Waals surface area contributed by atoms with Crippen molar-refractivity contribution in [1.29, 1.82) is 0 Å². The third-order valence-corrected chi connectivity index (χ3v) is 6.76. The third-order valence-electron chi connectivity index (χ3n) is 6.76. The smallest absolute Gasteiger partial charge is 0.0118 e. The molecule has 0 N–H and O–H groups in total. The fourth-order valence-electron chi connectivity index (χ4n) is 4.71. The highest BCUT2D eigenvalue weighted by atomic mass is 14.5. The summed E-state index contributed by atoms with van der Waals surface area (Å²) in [6.45, 7) is 11.5. The van der Waals surface area contributed by atoms with E-state index in [2.05, 4.69) is 83.1 Å². The van der Waals surface area contributed by atoms with Gasteiger partial charge in [0.2, 0.25) is 0 Å². The van der Waals surface area contributed by atoms with Crippen molar-refractivity contribution in [3.05, 3.63) is 70.8 Å². The maximum atomic E-state index is 2.39. The number of aryl methyl sites for hydroxylation is 1. The van der Waals surface area contributed by atoms with Crippen LogP contribution >= 0.6 is 0 Å². The Hall–Kier alpha value is -1.56. The highest BCUT2D eigenvalue weighted by molar-refractivity contribution is 5.37. The molecule has 1 saturated carbocycles. The van der Waals surface area contributed by atoms with Crippen molar-refractivity contribution < 1.29 is 0 Å². The lowest BCUT2D eigenvalue weighted by atomic mass is 9.54. The average molecular weight is 335 g/mol. The Bertz CT molecular complexity index is 663. The maximum absolute atomic E-state index is 2.39. The highest BCUT2D eigenvalue weighted by Crippen LogP contribution is 2.56. The van der Waals surface area contributed by atoms with Crippen LogP contribution < -0.4 is 0 Å². The van der Waals surface area contributed by atoms with Crippen molar-refractivity contribution in [2.24, 2.45) is 11.3 Å². The van der Waals surface area contributed by atoms with Gasteiger partial charge in [-0.3, -0.25) is 0 Å². The molecule has 1 atom stereocenters. The fraction of sp³-hybridized carbons (Fsp3) is 0.520. The molecule has 2 aromatic rings. The minimum atomic E-state index is 0.549. The summed E-state index contributed by atoms with van der Waals surface area (Å²) in [4.78, 5) is 0. The van der Waals surface area contributed by atoms with Crippen LogP contribution in [0, 0.1) is 18.3 Å². The van der Waals surface area contributed by atoms with E-state index in [0.29, 0.717) is 17.3 Å². The standard InChI is InChI=1S/C25H34/c1-6-25(7-2)16-23(17-25)24(21-10-8-19(5)9-11-21)22-14-12-20(13-15-22)18(3)4/h8-15,18,23-24H,6-7,16-17H2,1-5H3. The van der Waals surface area contributed by atoms with Crippen molar-refractivity contribution in [2.45, 2.75) is 72.1 Å². The van der Waals surface area contributed by atoms with Crippen LogP contribution in [0.3, 0.4) is 0 Å². The van der Waals surface area contributed by atoms with E-state index in [1.54, 1.807) is 0 Å². The number of hydrogen-bond acceptors (Lipinski definition) is 0.